The van der Waals surface area contributed by atoms with Gasteiger partial charge in [0.05, 0.1) is 12.5 Å². The van der Waals surface area contributed by atoms with Crippen LogP contribution in [-0.2, 0) is 4.74 Å². The Bertz CT molecular complexity index is 229. The highest BCUT2D eigenvalue weighted by Crippen LogP contribution is 2.18. The minimum absolute atomic E-state index is 0.826. The van der Waals surface area contributed by atoms with Gasteiger partial charge in [0.15, 0.2) is 0 Å². The highest BCUT2D eigenvalue weighted by atomic mass is 16.5. The second-order valence-corrected chi connectivity index (χ2v) is 6.18. The molecule has 0 aliphatic heterocycles. The van der Waals surface area contributed by atoms with Gasteiger partial charge in [0, 0.05) is 0 Å². The molecule has 124 valence electrons. The average molecular weight is 295 g/mol. The lowest BCUT2D eigenvalue weighted by atomic mass is 9.96. The highest BCUT2D eigenvalue weighted by molar-refractivity contribution is 4.83. The number of ether oxygens (including phenoxy) is 1. The van der Waals surface area contributed by atoms with E-state index < -0.39 is 0 Å². The smallest absolute Gasteiger partial charge is 0.0861 e. The molecule has 0 bridgehead atoms. The zero-order chi connectivity index (χ0) is 15.8. The van der Waals surface area contributed by atoms with Crippen LogP contribution in [0.1, 0.15) is 91.9 Å². The highest BCUT2D eigenvalue weighted by Gasteiger charge is 2.03. The summed E-state index contributed by atoms with van der Waals surface area (Å²) in [6.45, 7) is 9.10. The summed E-state index contributed by atoms with van der Waals surface area (Å²) in [5.41, 5.74) is 0. The van der Waals surface area contributed by atoms with E-state index in [0.717, 1.165) is 24.7 Å². The second kappa shape index (κ2) is 15.7. The zero-order valence-electron chi connectivity index (χ0n) is 14.9. The third-order valence-corrected chi connectivity index (χ3v) is 4.37. The van der Waals surface area contributed by atoms with Crippen LogP contribution in [0.4, 0.5) is 0 Å². The molecule has 0 saturated heterocycles. The fourth-order valence-electron chi connectivity index (χ4n) is 2.62. The van der Waals surface area contributed by atoms with Crippen molar-refractivity contribution in [3.63, 3.8) is 0 Å². The van der Waals surface area contributed by atoms with Gasteiger partial charge < -0.3 is 4.74 Å². The fourth-order valence-corrected chi connectivity index (χ4v) is 2.62. The van der Waals surface area contributed by atoms with Gasteiger partial charge in [0.25, 0.3) is 0 Å². The SMILES string of the molecule is CCCCC(CC)CC=COC=CCC(CC)CCCC. The first-order valence-electron chi connectivity index (χ1n) is 9.23. The van der Waals surface area contributed by atoms with Gasteiger partial charge in [-0.2, -0.15) is 0 Å². The molecule has 1 heteroatoms. The summed E-state index contributed by atoms with van der Waals surface area (Å²) in [7, 11) is 0. The molecule has 2 atom stereocenters. The Balaban J connectivity index is 3.75. The summed E-state index contributed by atoms with van der Waals surface area (Å²) in [5, 5.41) is 0. The van der Waals surface area contributed by atoms with E-state index in [9.17, 15) is 0 Å². The maximum Gasteiger partial charge on any atom is 0.0861 e. The van der Waals surface area contributed by atoms with E-state index in [1.54, 1.807) is 0 Å². The molecule has 0 aliphatic carbocycles. The third-order valence-electron chi connectivity index (χ3n) is 4.37. The summed E-state index contributed by atoms with van der Waals surface area (Å²) in [6, 6.07) is 0. The zero-order valence-corrected chi connectivity index (χ0v) is 14.9. The molecule has 0 aliphatic rings. The van der Waals surface area contributed by atoms with Gasteiger partial charge in [-0.15, -0.1) is 0 Å². The fraction of sp³-hybridized carbons (Fsp3) is 0.800. The lowest BCUT2D eigenvalue weighted by Crippen LogP contribution is -1.97. The molecule has 0 saturated carbocycles. The van der Waals surface area contributed by atoms with Gasteiger partial charge in [-0.05, 0) is 36.8 Å². The van der Waals surface area contributed by atoms with Crippen LogP contribution in [0.25, 0.3) is 0 Å². The van der Waals surface area contributed by atoms with Crippen LogP contribution in [0.3, 0.4) is 0 Å². The maximum atomic E-state index is 5.47. The van der Waals surface area contributed by atoms with Crippen molar-refractivity contribution in [3.8, 4) is 0 Å². The Morgan fingerprint density at radius 3 is 1.48 bits per heavy atom. The van der Waals surface area contributed by atoms with Crippen molar-refractivity contribution < 1.29 is 4.74 Å². The Morgan fingerprint density at radius 1 is 0.714 bits per heavy atom. The van der Waals surface area contributed by atoms with Gasteiger partial charge in [-0.1, -0.05) is 79.1 Å². The summed E-state index contributed by atoms with van der Waals surface area (Å²) in [5.74, 6) is 1.65. The molecule has 21 heavy (non-hydrogen) atoms. The second-order valence-electron chi connectivity index (χ2n) is 6.18. The molecule has 0 aromatic carbocycles. The largest absolute Gasteiger partial charge is 0.473 e. The topological polar surface area (TPSA) is 9.23 Å². The number of hydrogen-bond acceptors (Lipinski definition) is 1. The predicted octanol–water partition coefficient (Wildman–Crippen LogP) is 7.24. The normalized spacial score (nSPS) is 14.9. The molecular weight excluding hydrogens is 256 g/mol. The van der Waals surface area contributed by atoms with Crippen LogP contribution in [-0.4, -0.2) is 0 Å². The van der Waals surface area contributed by atoms with Crippen molar-refractivity contribution in [2.45, 2.75) is 91.9 Å². The Hall–Kier alpha value is -0.720. The van der Waals surface area contributed by atoms with E-state index in [1.807, 2.05) is 12.5 Å². The van der Waals surface area contributed by atoms with Crippen LogP contribution >= 0.6 is 0 Å². The summed E-state index contributed by atoms with van der Waals surface area (Å²) in [4.78, 5) is 0. The van der Waals surface area contributed by atoms with Crippen molar-refractivity contribution in [1.82, 2.24) is 0 Å². The first-order valence-corrected chi connectivity index (χ1v) is 9.23. The van der Waals surface area contributed by atoms with Gasteiger partial charge in [-0.3, -0.25) is 0 Å². The molecule has 0 rings (SSSR count). The Morgan fingerprint density at radius 2 is 1.14 bits per heavy atom. The molecular formula is C20H38O. The van der Waals surface area contributed by atoms with E-state index in [4.69, 9.17) is 4.74 Å². The van der Waals surface area contributed by atoms with Crippen LogP contribution in [0.2, 0.25) is 0 Å². The van der Waals surface area contributed by atoms with E-state index in [1.165, 1.54) is 51.4 Å². The van der Waals surface area contributed by atoms with Crippen molar-refractivity contribution in [2.75, 3.05) is 0 Å². The van der Waals surface area contributed by atoms with Gasteiger partial charge in [-0.25, -0.2) is 0 Å². The van der Waals surface area contributed by atoms with E-state index in [2.05, 4.69) is 39.8 Å². The molecule has 0 fully saturated rings. The lowest BCUT2D eigenvalue weighted by Gasteiger charge is -2.11. The van der Waals surface area contributed by atoms with E-state index in [-0.39, 0.29) is 0 Å². The summed E-state index contributed by atoms with van der Waals surface area (Å²) in [6.07, 6.45) is 20.9. The quantitative estimate of drug-likeness (QED) is 0.307. The molecule has 1 nitrogen and oxygen atoms in total. The minimum Gasteiger partial charge on any atom is -0.473 e. The predicted molar refractivity (Wildman–Crippen MR) is 95.2 cm³/mol. The molecule has 0 heterocycles. The number of allylic oxidation sites excluding steroid dienone is 2. The van der Waals surface area contributed by atoms with E-state index >= 15 is 0 Å². The van der Waals surface area contributed by atoms with Crippen LogP contribution in [0, 0.1) is 11.8 Å². The Kier molecular flexibility index (Phi) is 15.1. The molecule has 2 unspecified atom stereocenters. The summed E-state index contributed by atoms with van der Waals surface area (Å²) < 4.78 is 5.47. The molecule has 0 amide bonds. The van der Waals surface area contributed by atoms with Crippen molar-refractivity contribution in [2.24, 2.45) is 11.8 Å². The monoisotopic (exact) mass is 294 g/mol. The van der Waals surface area contributed by atoms with Crippen molar-refractivity contribution >= 4 is 0 Å². The minimum atomic E-state index is 0.826. The molecule has 0 radical (unpaired) electrons. The lowest BCUT2D eigenvalue weighted by molar-refractivity contribution is 0.386. The Labute approximate surface area is 133 Å². The number of unbranched alkanes of at least 4 members (excludes halogenated alkanes) is 2. The molecule has 0 spiro atoms. The maximum absolute atomic E-state index is 5.47. The van der Waals surface area contributed by atoms with Crippen LogP contribution in [0.15, 0.2) is 24.7 Å². The van der Waals surface area contributed by atoms with Gasteiger partial charge >= 0.3 is 0 Å². The van der Waals surface area contributed by atoms with Crippen LogP contribution < -0.4 is 0 Å². The van der Waals surface area contributed by atoms with Crippen molar-refractivity contribution in [1.29, 1.82) is 0 Å². The molecule has 0 aromatic rings. The van der Waals surface area contributed by atoms with Crippen molar-refractivity contribution in [3.05, 3.63) is 24.7 Å². The standard InChI is InChI=1S/C20H38O/c1-5-9-13-19(7-3)15-11-17-21-18-12-16-20(8-4)14-10-6-2/h11-12,17-20H,5-10,13-16H2,1-4H3. The third kappa shape index (κ3) is 12.7. The van der Waals surface area contributed by atoms with E-state index in [0.29, 0.717) is 0 Å². The summed E-state index contributed by atoms with van der Waals surface area (Å²) >= 11 is 0. The number of hydrogen-bond donors (Lipinski definition) is 0. The first kappa shape index (κ1) is 20.3. The number of rotatable bonds is 14. The van der Waals surface area contributed by atoms with Gasteiger partial charge in [0.1, 0.15) is 0 Å². The molecule has 0 aromatic heterocycles. The van der Waals surface area contributed by atoms with Gasteiger partial charge in [0.2, 0.25) is 0 Å². The average Bonchev–Trinajstić information content (AvgIpc) is 2.52. The first-order chi connectivity index (χ1) is 10.3. The molecule has 0 N–H and O–H groups in total. The van der Waals surface area contributed by atoms with Crippen LogP contribution in [0.5, 0.6) is 0 Å².